The Morgan fingerprint density at radius 2 is 1.81 bits per heavy atom. The Balaban J connectivity index is 2.07. The van der Waals surface area contributed by atoms with Crippen LogP contribution in [0.2, 0.25) is 0 Å². The number of carbonyl (C=O) groups is 4. The lowest BCUT2D eigenvalue weighted by Gasteiger charge is -2.40. The van der Waals surface area contributed by atoms with E-state index in [9.17, 15) is 19.2 Å². The number of benzene rings is 1. The second-order valence-corrected chi connectivity index (χ2v) is 6.22. The van der Waals surface area contributed by atoms with E-state index in [0.29, 0.717) is 12.2 Å². The number of piperazine rings is 1. The van der Waals surface area contributed by atoms with Gasteiger partial charge in [-0.2, -0.15) is 0 Å². The second kappa shape index (κ2) is 9.02. The van der Waals surface area contributed by atoms with Gasteiger partial charge in [0.05, 0.1) is 13.7 Å². The molecule has 9 heteroatoms. The number of carbonyl (C=O) groups excluding carboxylic acids is 4. The molecule has 0 saturated carbocycles. The summed E-state index contributed by atoms with van der Waals surface area (Å²) >= 11 is 0. The van der Waals surface area contributed by atoms with Crippen LogP contribution in [0.5, 0.6) is 0 Å². The molecule has 1 aliphatic heterocycles. The highest BCUT2D eigenvalue weighted by atomic mass is 16.5. The summed E-state index contributed by atoms with van der Waals surface area (Å²) in [5.41, 5.74) is 0.636. The van der Waals surface area contributed by atoms with Gasteiger partial charge in [0.15, 0.2) is 0 Å². The van der Waals surface area contributed by atoms with Crippen LogP contribution in [0.15, 0.2) is 30.3 Å². The van der Waals surface area contributed by atoms with Crippen LogP contribution in [0.25, 0.3) is 0 Å². The van der Waals surface area contributed by atoms with E-state index in [1.165, 1.54) is 30.8 Å². The van der Waals surface area contributed by atoms with Gasteiger partial charge in [-0.1, -0.05) is 18.2 Å². The Labute approximate surface area is 157 Å². The zero-order valence-corrected chi connectivity index (χ0v) is 15.6. The van der Waals surface area contributed by atoms with Gasteiger partial charge < -0.3 is 25.2 Å². The van der Waals surface area contributed by atoms with Gasteiger partial charge in [-0.3, -0.25) is 9.59 Å². The number of esters is 1. The lowest BCUT2D eigenvalue weighted by atomic mass is 10.1. The normalized spacial score (nSPS) is 17.7. The van der Waals surface area contributed by atoms with Crippen molar-refractivity contribution in [1.82, 2.24) is 15.1 Å². The third kappa shape index (κ3) is 5.19. The van der Waals surface area contributed by atoms with Gasteiger partial charge in [-0.25, -0.2) is 9.59 Å². The monoisotopic (exact) mass is 376 g/mol. The third-order valence-corrected chi connectivity index (χ3v) is 4.31. The van der Waals surface area contributed by atoms with E-state index in [0.717, 1.165) is 0 Å². The minimum Gasteiger partial charge on any atom is -0.467 e. The molecule has 9 nitrogen and oxygen atoms in total. The number of nitrogens with one attached hydrogen (secondary N) is 2. The SMILES string of the molecule is COC(=O)[C@@H](C)NC(=O)[C@H]1CN(C(=O)Nc2ccccc2)CCN1C(C)=O. The maximum atomic E-state index is 12.6. The summed E-state index contributed by atoms with van der Waals surface area (Å²) in [7, 11) is 1.23. The number of para-hydroxylation sites is 1. The molecule has 146 valence electrons. The molecule has 0 bridgehead atoms. The predicted octanol–water partition coefficient (Wildman–Crippen LogP) is 0.429. The number of nitrogens with zero attached hydrogens (tertiary/aromatic N) is 2. The van der Waals surface area contributed by atoms with Crippen molar-refractivity contribution in [1.29, 1.82) is 0 Å². The van der Waals surface area contributed by atoms with Crippen molar-refractivity contribution >= 4 is 29.5 Å². The molecule has 27 heavy (non-hydrogen) atoms. The Kier molecular flexibility index (Phi) is 6.75. The van der Waals surface area contributed by atoms with E-state index in [1.54, 1.807) is 24.3 Å². The minimum atomic E-state index is -0.884. The molecule has 0 unspecified atom stereocenters. The van der Waals surface area contributed by atoms with Gasteiger partial charge in [0, 0.05) is 25.7 Å². The average Bonchev–Trinajstić information content (AvgIpc) is 2.67. The Bertz CT molecular complexity index is 709. The number of anilines is 1. The van der Waals surface area contributed by atoms with E-state index >= 15 is 0 Å². The largest absolute Gasteiger partial charge is 0.467 e. The van der Waals surface area contributed by atoms with Gasteiger partial charge in [-0.15, -0.1) is 0 Å². The topological polar surface area (TPSA) is 108 Å². The van der Waals surface area contributed by atoms with Crippen molar-refractivity contribution in [3.8, 4) is 0 Å². The Hall–Kier alpha value is -3.10. The summed E-state index contributed by atoms with van der Waals surface area (Å²) in [5, 5.41) is 5.29. The molecule has 0 aromatic heterocycles. The van der Waals surface area contributed by atoms with Crippen LogP contribution in [0.1, 0.15) is 13.8 Å². The summed E-state index contributed by atoms with van der Waals surface area (Å²) < 4.78 is 4.59. The van der Waals surface area contributed by atoms with Crippen LogP contribution in [0.3, 0.4) is 0 Å². The molecule has 1 aromatic carbocycles. The number of urea groups is 1. The number of hydrogen-bond acceptors (Lipinski definition) is 5. The smallest absolute Gasteiger partial charge is 0.328 e. The van der Waals surface area contributed by atoms with E-state index in [2.05, 4.69) is 15.4 Å². The van der Waals surface area contributed by atoms with Crippen LogP contribution < -0.4 is 10.6 Å². The summed E-state index contributed by atoms with van der Waals surface area (Å²) in [6.45, 7) is 3.41. The zero-order valence-electron chi connectivity index (χ0n) is 15.6. The molecule has 4 amide bonds. The molecule has 1 heterocycles. The molecule has 1 aliphatic rings. The molecular formula is C18H24N4O5. The fraction of sp³-hybridized carbons (Fsp3) is 0.444. The fourth-order valence-electron chi connectivity index (χ4n) is 2.84. The average molecular weight is 376 g/mol. The molecule has 1 saturated heterocycles. The van der Waals surface area contributed by atoms with Gasteiger partial charge >= 0.3 is 12.0 Å². The lowest BCUT2D eigenvalue weighted by molar-refractivity contribution is -0.147. The molecular weight excluding hydrogens is 352 g/mol. The van der Waals surface area contributed by atoms with E-state index in [4.69, 9.17) is 0 Å². The molecule has 0 spiro atoms. The molecule has 1 fully saturated rings. The first kappa shape index (κ1) is 20.2. The molecule has 0 radical (unpaired) electrons. The number of ether oxygens (including phenoxy) is 1. The maximum Gasteiger partial charge on any atom is 0.328 e. The van der Waals surface area contributed by atoms with E-state index in [1.807, 2.05) is 6.07 Å². The van der Waals surface area contributed by atoms with Crippen LogP contribution in [0, 0.1) is 0 Å². The lowest BCUT2D eigenvalue weighted by Crippen LogP contribution is -2.62. The van der Waals surface area contributed by atoms with Gasteiger partial charge in [0.25, 0.3) is 0 Å². The first-order chi connectivity index (χ1) is 12.8. The highest BCUT2D eigenvalue weighted by Gasteiger charge is 2.36. The Morgan fingerprint density at radius 1 is 1.15 bits per heavy atom. The maximum absolute atomic E-state index is 12.6. The summed E-state index contributed by atoms with van der Waals surface area (Å²) in [6.07, 6.45) is 0. The van der Waals surface area contributed by atoms with Crippen LogP contribution >= 0.6 is 0 Å². The molecule has 1 aromatic rings. The number of methoxy groups -OCH3 is 1. The minimum absolute atomic E-state index is 0.0258. The van der Waals surface area contributed by atoms with Crippen molar-refractivity contribution in [3.05, 3.63) is 30.3 Å². The van der Waals surface area contributed by atoms with Gasteiger partial charge in [-0.05, 0) is 19.1 Å². The van der Waals surface area contributed by atoms with E-state index < -0.39 is 24.0 Å². The summed E-state index contributed by atoms with van der Waals surface area (Å²) in [6, 6.07) is 6.85. The first-order valence-electron chi connectivity index (χ1n) is 8.60. The fourth-order valence-corrected chi connectivity index (χ4v) is 2.84. The second-order valence-electron chi connectivity index (χ2n) is 6.22. The van der Waals surface area contributed by atoms with Crippen LogP contribution in [0.4, 0.5) is 10.5 Å². The first-order valence-corrected chi connectivity index (χ1v) is 8.60. The quantitative estimate of drug-likeness (QED) is 0.741. The van der Waals surface area contributed by atoms with Gasteiger partial charge in [0.1, 0.15) is 12.1 Å². The van der Waals surface area contributed by atoms with Crippen molar-refractivity contribution in [2.24, 2.45) is 0 Å². The third-order valence-electron chi connectivity index (χ3n) is 4.31. The summed E-state index contributed by atoms with van der Waals surface area (Å²) in [4.78, 5) is 51.4. The standard InChI is InChI=1S/C18H24N4O5/c1-12(17(25)27-3)19-16(24)15-11-21(9-10-22(15)13(2)23)18(26)20-14-7-5-4-6-8-14/h4-8,12,15H,9-11H2,1-3H3,(H,19,24)(H,20,26)/t12-,15-/m1/s1. The van der Waals surface area contributed by atoms with Crippen LogP contribution in [-0.2, 0) is 19.1 Å². The van der Waals surface area contributed by atoms with Crippen molar-refractivity contribution < 1.29 is 23.9 Å². The highest BCUT2D eigenvalue weighted by Crippen LogP contribution is 2.14. The predicted molar refractivity (Wildman–Crippen MR) is 97.8 cm³/mol. The molecule has 2 rings (SSSR count). The van der Waals surface area contributed by atoms with Crippen molar-refractivity contribution in [2.45, 2.75) is 25.9 Å². The van der Waals surface area contributed by atoms with Crippen molar-refractivity contribution in [3.63, 3.8) is 0 Å². The van der Waals surface area contributed by atoms with E-state index in [-0.39, 0.29) is 25.0 Å². The van der Waals surface area contributed by atoms with Crippen molar-refractivity contribution in [2.75, 3.05) is 32.1 Å². The molecule has 2 atom stereocenters. The summed E-state index contributed by atoms with van der Waals surface area (Å²) in [5.74, 6) is -1.38. The van der Waals surface area contributed by atoms with Crippen LogP contribution in [-0.4, -0.2) is 72.4 Å². The number of rotatable bonds is 4. The number of hydrogen-bond donors (Lipinski definition) is 2. The zero-order chi connectivity index (χ0) is 20.0. The molecule has 2 N–H and O–H groups in total. The molecule has 0 aliphatic carbocycles. The number of amides is 4. The highest BCUT2D eigenvalue weighted by molar-refractivity contribution is 5.93. The van der Waals surface area contributed by atoms with Gasteiger partial charge in [0.2, 0.25) is 11.8 Å². The Morgan fingerprint density at radius 3 is 2.41 bits per heavy atom.